The van der Waals surface area contributed by atoms with Gasteiger partial charge in [0.1, 0.15) is 0 Å². The molecule has 0 saturated carbocycles. The number of amides is 1. The molecule has 0 saturated heterocycles. The summed E-state index contributed by atoms with van der Waals surface area (Å²) in [5.74, 6) is 0.939. The number of benzene rings is 1. The number of aromatic amines is 1. The summed E-state index contributed by atoms with van der Waals surface area (Å²) in [5, 5.41) is 2.87. The van der Waals surface area contributed by atoms with E-state index >= 15 is 0 Å². The average molecular weight is 349 g/mol. The largest absolute Gasteiger partial charge is 0.493 e. The van der Waals surface area contributed by atoms with Crippen LogP contribution in [0.5, 0.6) is 11.5 Å². The fraction of sp³-hybridized carbons (Fsp3) is 0.312. The standard InChI is InChI=1S/C16H19N3O4S/c1-4-13(24-16-17-8-7-14(20)19-16)15(21)18-10-5-6-11(22-2)12(9-10)23-3/h5-9,13H,4H2,1-3H3,(H,18,21)(H,17,19,20). The molecule has 0 radical (unpaired) electrons. The molecule has 0 aliphatic heterocycles. The molecular formula is C16H19N3O4S. The summed E-state index contributed by atoms with van der Waals surface area (Å²) in [7, 11) is 3.08. The van der Waals surface area contributed by atoms with Gasteiger partial charge in [0.25, 0.3) is 5.56 Å². The monoisotopic (exact) mass is 349 g/mol. The van der Waals surface area contributed by atoms with Gasteiger partial charge in [-0.1, -0.05) is 18.7 Å². The second-order valence-electron chi connectivity index (χ2n) is 4.81. The molecule has 2 rings (SSSR count). The van der Waals surface area contributed by atoms with Crippen LogP contribution >= 0.6 is 11.8 Å². The highest BCUT2D eigenvalue weighted by Gasteiger charge is 2.19. The Hall–Kier alpha value is -2.48. The lowest BCUT2D eigenvalue weighted by atomic mass is 10.2. The van der Waals surface area contributed by atoms with Crippen LogP contribution in [0.2, 0.25) is 0 Å². The van der Waals surface area contributed by atoms with Gasteiger partial charge in [-0.2, -0.15) is 0 Å². The van der Waals surface area contributed by atoms with Crippen LogP contribution in [0.15, 0.2) is 40.4 Å². The highest BCUT2D eigenvalue weighted by atomic mass is 32.2. The third kappa shape index (κ3) is 4.51. The Morgan fingerprint density at radius 3 is 2.67 bits per heavy atom. The molecule has 7 nitrogen and oxygen atoms in total. The Kier molecular flexibility index (Phi) is 6.25. The van der Waals surface area contributed by atoms with Gasteiger partial charge in [0.15, 0.2) is 16.7 Å². The summed E-state index contributed by atoms with van der Waals surface area (Å²) in [6.45, 7) is 1.90. The van der Waals surface area contributed by atoms with Crippen molar-refractivity contribution in [3.8, 4) is 11.5 Å². The predicted octanol–water partition coefficient (Wildman–Crippen LogP) is 2.30. The number of thioether (sulfide) groups is 1. The van der Waals surface area contributed by atoms with Crippen molar-refractivity contribution in [3.05, 3.63) is 40.8 Å². The lowest BCUT2D eigenvalue weighted by Gasteiger charge is -2.15. The number of anilines is 1. The van der Waals surface area contributed by atoms with E-state index < -0.39 is 0 Å². The van der Waals surface area contributed by atoms with Gasteiger partial charge in [0.2, 0.25) is 5.91 Å². The van der Waals surface area contributed by atoms with Crippen LogP contribution in [0, 0.1) is 0 Å². The van der Waals surface area contributed by atoms with E-state index in [0.717, 1.165) is 0 Å². The minimum Gasteiger partial charge on any atom is -0.493 e. The number of carbonyl (C=O) groups is 1. The van der Waals surface area contributed by atoms with E-state index in [1.807, 2.05) is 6.92 Å². The van der Waals surface area contributed by atoms with Gasteiger partial charge in [-0.15, -0.1) is 0 Å². The lowest BCUT2D eigenvalue weighted by Crippen LogP contribution is -2.25. The van der Waals surface area contributed by atoms with Crippen LogP contribution in [0.3, 0.4) is 0 Å². The van der Waals surface area contributed by atoms with Crippen LogP contribution in [0.25, 0.3) is 0 Å². The zero-order valence-electron chi connectivity index (χ0n) is 13.7. The van der Waals surface area contributed by atoms with Crippen molar-refractivity contribution in [3.63, 3.8) is 0 Å². The third-order valence-corrected chi connectivity index (χ3v) is 4.48. The van der Waals surface area contributed by atoms with E-state index in [2.05, 4.69) is 15.3 Å². The number of hydrogen-bond acceptors (Lipinski definition) is 6. The second-order valence-corrected chi connectivity index (χ2v) is 6.00. The van der Waals surface area contributed by atoms with Crippen LogP contribution in [0.4, 0.5) is 5.69 Å². The van der Waals surface area contributed by atoms with Crippen molar-refractivity contribution in [2.24, 2.45) is 0 Å². The maximum absolute atomic E-state index is 12.5. The Morgan fingerprint density at radius 1 is 1.29 bits per heavy atom. The molecule has 0 fully saturated rings. The number of rotatable bonds is 7. The molecule has 2 N–H and O–H groups in total. The predicted molar refractivity (Wildman–Crippen MR) is 93.0 cm³/mol. The number of nitrogens with one attached hydrogen (secondary N) is 2. The maximum atomic E-state index is 12.5. The quantitative estimate of drug-likeness (QED) is 0.588. The minimum atomic E-state index is -0.386. The molecule has 24 heavy (non-hydrogen) atoms. The smallest absolute Gasteiger partial charge is 0.251 e. The molecule has 0 spiro atoms. The first-order valence-corrected chi connectivity index (χ1v) is 8.20. The first kappa shape index (κ1) is 17.9. The molecule has 2 aromatic rings. The molecule has 0 aliphatic carbocycles. The van der Waals surface area contributed by atoms with Crippen LogP contribution in [-0.4, -0.2) is 35.3 Å². The minimum absolute atomic E-state index is 0.179. The Morgan fingerprint density at radius 2 is 2.04 bits per heavy atom. The van der Waals surface area contributed by atoms with Crippen molar-refractivity contribution in [1.82, 2.24) is 9.97 Å². The molecule has 1 aromatic carbocycles. The zero-order chi connectivity index (χ0) is 17.5. The number of carbonyl (C=O) groups excluding carboxylic acids is 1. The molecule has 0 aliphatic rings. The third-order valence-electron chi connectivity index (χ3n) is 3.22. The summed E-state index contributed by atoms with van der Waals surface area (Å²) < 4.78 is 10.4. The first-order valence-electron chi connectivity index (χ1n) is 7.32. The normalized spacial score (nSPS) is 11.6. The van der Waals surface area contributed by atoms with Gasteiger partial charge in [-0.25, -0.2) is 4.98 Å². The number of nitrogens with zero attached hydrogens (tertiary/aromatic N) is 1. The number of ether oxygens (including phenoxy) is 2. The zero-order valence-corrected chi connectivity index (χ0v) is 14.5. The summed E-state index contributed by atoms with van der Waals surface area (Å²) >= 11 is 1.21. The van der Waals surface area contributed by atoms with E-state index in [9.17, 15) is 9.59 Å². The molecule has 0 bridgehead atoms. The number of hydrogen-bond donors (Lipinski definition) is 2. The van der Waals surface area contributed by atoms with Gasteiger partial charge in [0.05, 0.1) is 19.5 Å². The van der Waals surface area contributed by atoms with Gasteiger partial charge >= 0.3 is 0 Å². The van der Waals surface area contributed by atoms with E-state index in [-0.39, 0.29) is 16.7 Å². The Labute approximate surface area is 143 Å². The summed E-state index contributed by atoms with van der Waals surface area (Å²) in [6, 6.07) is 6.48. The molecule has 1 heterocycles. The molecule has 8 heteroatoms. The fourth-order valence-electron chi connectivity index (χ4n) is 2.01. The van der Waals surface area contributed by atoms with Crippen molar-refractivity contribution >= 4 is 23.4 Å². The van der Waals surface area contributed by atoms with E-state index in [0.29, 0.717) is 28.8 Å². The topological polar surface area (TPSA) is 93.3 Å². The van der Waals surface area contributed by atoms with Gasteiger partial charge in [0, 0.05) is 24.0 Å². The van der Waals surface area contributed by atoms with Crippen LogP contribution in [0.1, 0.15) is 13.3 Å². The van der Waals surface area contributed by atoms with Crippen molar-refractivity contribution in [1.29, 1.82) is 0 Å². The summed E-state index contributed by atoms with van der Waals surface area (Å²) in [4.78, 5) is 30.4. The molecule has 1 unspecified atom stereocenters. The van der Waals surface area contributed by atoms with E-state index in [4.69, 9.17) is 9.47 Å². The lowest BCUT2D eigenvalue weighted by molar-refractivity contribution is -0.115. The van der Waals surface area contributed by atoms with E-state index in [1.54, 1.807) is 25.3 Å². The first-order chi connectivity index (χ1) is 11.6. The van der Waals surface area contributed by atoms with Crippen molar-refractivity contribution < 1.29 is 14.3 Å². The highest BCUT2D eigenvalue weighted by Crippen LogP contribution is 2.30. The number of H-pyrrole nitrogens is 1. The molecular weight excluding hydrogens is 330 g/mol. The van der Waals surface area contributed by atoms with Crippen molar-refractivity contribution in [2.75, 3.05) is 19.5 Å². The molecule has 128 valence electrons. The van der Waals surface area contributed by atoms with E-state index in [1.165, 1.54) is 31.1 Å². The summed E-state index contributed by atoms with van der Waals surface area (Å²) in [6.07, 6.45) is 2.00. The van der Waals surface area contributed by atoms with Crippen molar-refractivity contribution in [2.45, 2.75) is 23.8 Å². The SMILES string of the molecule is CCC(Sc1nccc(=O)[nH]1)C(=O)Nc1ccc(OC)c(OC)c1. The number of methoxy groups -OCH3 is 2. The second kappa shape index (κ2) is 8.39. The fourth-order valence-corrected chi connectivity index (χ4v) is 2.89. The Bertz CT molecular complexity index is 763. The average Bonchev–Trinajstić information content (AvgIpc) is 2.59. The molecule has 1 atom stereocenters. The van der Waals surface area contributed by atoms with Gasteiger partial charge in [-0.3, -0.25) is 9.59 Å². The van der Waals surface area contributed by atoms with Gasteiger partial charge in [-0.05, 0) is 18.6 Å². The number of aromatic nitrogens is 2. The van der Waals surface area contributed by atoms with Crippen LogP contribution < -0.4 is 20.3 Å². The molecule has 1 amide bonds. The van der Waals surface area contributed by atoms with Crippen LogP contribution in [-0.2, 0) is 4.79 Å². The summed E-state index contributed by atoms with van der Waals surface area (Å²) in [5.41, 5.74) is 0.355. The van der Waals surface area contributed by atoms with Gasteiger partial charge < -0.3 is 19.8 Å². The Balaban J connectivity index is 2.10. The maximum Gasteiger partial charge on any atom is 0.251 e. The highest BCUT2D eigenvalue weighted by molar-refractivity contribution is 8.00. The molecule has 1 aromatic heterocycles.